The van der Waals surface area contributed by atoms with Crippen molar-refractivity contribution in [1.82, 2.24) is 0 Å². The Morgan fingerprint density at radius 2 is 0.981 bits per heavy atom. The zero-order chi connectivity index (χ0) is 34.0. The number of hydrogen-bond donors (Lipinski definition) is 0. The molecule has 0 fully saturated rings. The van der Waals surface area contributed by atoms with Crippen molar-refractivity contribution in [2.24, 2.45) is 0 Å². The van der Waals surface area contributed by atoms with Crippen molar-refractivity contribution in [2.45, 2.75) is 5.41 Å². The van der Waals surface area contributed by atoms with Gasteiger partial charge in [0.05, 0.1) is 5.41 Å². The Morgan fingerprint density at radius 3 is 1.77 bits per heavy atom. The van der Waals surface area contributed by atoms with Crippen molar-refractivity contribution >= 4 is 43.5 Å². The largest absolute Gasteiger partial charge is 0.455 e. The molecule has 0 bridgehead atoms. The van der Waals surface area contributed by atoms with E-state index in [9.17, 15) is 0 Å². The Kier molecular flexibility index (Phi) is 5.49. The Bertz CT molecular complexity index is 3080. The molecule has 240 valence electrons. The van der Waals surface area contributed by atoms with Crippen LogP contribution in [0.2, 0.25) is 0 Å². The Labute approximate surface area is 301 Å². The smallest absolute Gasteiger partial charge is 0.143 e. The van der Waals surface area contributed by atoms with Crippen LogP contribution in [0.15, 0.2) is 186 Å². The molecule has 0 aliphatic heterocycles. The summed E-state index contributed by atoms with van der Waals surface area (Å²) in [5.41, 5.74) is 17.1. The summed E-state index contributed by atoms with van der Waals surface area (Å²) in [4.78, 5) is 0. The predicted octanol–water partition coefficient (Wildman–Crippen LogP) is 13.6. The highest BCUT2D eigenvalue weighted by Crippen LogP contribution is 2.64. The molecule has 0 saturated heterocycles. The van der Waals surface area contributed by atoms with Crippen LogP contribution in [-0.4, -0.2) is 0 Å². The van der Waals surface area contributed by atoms with Gasteiger partial charge in [0.15, 0.2) is 0 Å². The lowest BCUT2D eigenvalue weighted by atomic mass is 9.70. The van der Waals surface area contributed by atoms with E-state index in [1.165, 1.54) is 82.9 Å². The van der Waals surface area contributed by atoms with E-state index < -0.39 is 5.41 Å². The molecule has 0 unspecified atom stereocenters. The third kappa shape index (κ3) is 3.48. The quantitative estimate of drug-likeness (QED) is 0.180. The first-order valence-electron chi connectivity index (χ1n) is 18.1. The molecular weight excluding hydrogens is 629 g/mol. The summed E-state index contributed by atoms with van der Waals surface area (Å²) in [6, 6.07) is 67.3. The average Bonchev–Trinajstić information content (AvgIpc) is 3.84. The normalized spacial score (nSPS) is 13.5. The summed E-state index contributed by atoms with van der Waals surface area (Å²) in [6.45, 7) is 0. The maximum absolute atomic E-state index is 6.62. The number of fused-ring (bicyclic) bond motifs is 16. The summed E-state index contributed by atoms with van der Waals surface area (Å²) >= 11 is 0. The van der Waals surface area contributed by atoms with Crippen molar-refractivity contribution < 1.29 is 4.42 Å². The van der Waals surface area contributed by atoms with Crippen LogP contribution in [0.4, 0.5) is 0 Å². The van der Waals surface area contributed by atoms with Gasteiger partial charge in [-0.05, 0) is 107 Å². The van der Waals surface area contributed by atoms with Gasteiger partial charge in [-0.3, -0.25) is 0 Å². The highest BCUT2D eigenvalue weighted by Gasteiger charge is 2.52. The maximum atomic E-state index is 6.62. The van der Waals surface area contributed by atoms with Gasteiger partial charge in [-0.15, -0.1) is 0 Å². The summed E-state index contributed by atoms with van der Waals surface area (Å²) < 4.78 is 6.62. The molecule has 0 amide bonds. The molecule has 1 spiro atoms. The van der Waals surface area contributed by atoms with Crippen LogP contribution in [-0.2, 0) is 5.41 Å². The lowest BCUT2D eigenvalue weighted by molar-refractivity contribution is 0.673. The zero-order valence-electron chi connectivity index (χ0n) is 28.2. The molecule has 10 aromatic rings. The van der Waals surface area contributed by atoms with Gasteiger partial charge in [0.1, 0.15) is 11.2 Å². The maximum Gasteiger partial charge on any atom is 0.143 e. The summed E-state index contributed by atoms with van der Waals surface area (Å²) in [5, 5.41) is 7.14. The first-order valence-corrected chi connectivity index (χ1v) is 18.1. The van der Waals surface area contributed by atoms with Crippen molar-refractivity contribution in [2.75, 3.05) is 0 Å². The first-order chi connectivity index (χ1) is 25.8. The van der Waals surface area contributed by atoms with E-state index in [1.807, 2.05) is 0 Å². The number of benzene rings is 9. The van der Waals surface area contributed by atoms with Gasteiger partial charge in [0.2, 0.25) is 0 Å². The second-order valence-corrected chi connectivity index (χ2v) is 14.3. The molecule has 12 rings (SSSR count). The zero-order valence-corrected chi connectivity index (χ0v) is 28.2. The predicted molar refractivity (Wildman–Crippen MR) is 216 cm³/mol. The Morgan fingerprint density at radius 1 is 0.346 bits per heavy atom. The minimum Gasteiger partial charge on any atom is -0.455 e. The van der Waals surface area contributed by atoms with E-state index in [0.717, 1.165) is 27.3 Å². The summed E-state index contributed by atoms with van der Waals surface area (Å²) in [5.74, 6) is 0. The van der Waals surface area contributed by atoms with Gasteiger partial charge in [-0.25, -0.2) is 0 Å². The van der Waals surface area contributed by atoms with E-state index in [0.29, 0.717) is 0 Å². The minimum absolute atomic E-state index is 0.422. The van der Waals surface area contributed by atoms with Crippen molar-refractivity contribution in [3.05, 3.63) is 204 Å². The molecule has 0 N–H and O–H groups in total. The van der Waals surface area contributed by atoms with Crippen molar-refractivity contribution in [1.29, 1.82) is 0 Å². The van der Waals surface area contributed by atoms with Crippen LogP contribution in [0.3, 0.4) is 0 Å². The van der Waals surface area contributed by atoms with Crippen LogP contribution in [0, 0.1) is 0 Å². The summed E-state index contributed by atoms with van der Waals surface area (Å²) in [6.07, 6.45) is 0. The highest BCUT2D eigenvalue weighted by atomic mass is 16.3. The molecular formula is C51H30O. The monoisotopic (exact) mass is 658 g/mol. The van der Waals surface area contributed by atoms with E-state index in [4.69, 9.17) is 4.42 Å². The lowest BCUT2D eigenvalue weighted by Gasteiger charge is -2.31. The molecule has 2 aliphatic carbocycles. The summed E-state index contributed by atoms with van der Waals surface area (Å²) in [7, 11) is 0. The number of rotatable bonds is 2. The fourth-order valence-electron chi connectivity index (χ4n) is 9.84. The highest BCUT2D eigenvalue weighted by molar-refractivity contribution is 6.20. The van der Waals surface area contributed by atoms with Gasteiger partial charge in [-0.1, -0.05) is 158 Å². The topological polar surface area (TPSA) is 13.1 Å². The van der Waals surface area contributed by atoms with Crippen LogP contribution >= 0.6 is 0 Å². The molecule has 1 aromatic heterocycles. The second-order valence-electron chi connectivity index (χ2n) is 14.3. The standard InChI is InChI=1S/C51H30O/c1-2-14-32(15-3-1)47-36-27-26-33(35-20-12-24-46-48(35)41-28-25-31-13-4-5-16-37(31)50(41)52-46)29-34(36)30-45-49(47)40-19-8-11-23-44(40)51(45)42-21-9-6-17-38(42)39-18-7-10-22-43(39)51/h1-30H. The van der Waals surface area contributed by atoms with Gasteiger partial charge in [0, 0.05) is 16.2 Å². The molecule has 0 radical (unpaired) electrons. The van der Waals surface area contributed by atoms with E-state index in [1.54, 1.807) is 0 Å². The molecule has 1 heteroatoms. The van der Waals surface area contributed by atoms with Gasteiger partial charge in [0.25, 0.3) is 0 Å². The Balaban J connectivity index is 1.20. The molecule has 0 saturated carbocycles. The molecule has 0 atom stereocenters. The SMILES string of the molecule is c1ccc(-c2c3c(cc4cc(-c5cccc6oc7c8ccccc8ccc7c56)ccc24)C2(c4ccccc4-c4ccccc42)c2ccccc2-3)cc1. The van der Waals surface area contributed by atoms with Gasteiger partial charge in [-0.2, -0.15) is 0 Å². The number of furan rings is 1. The van der Waals surface area contributed by atoms with E-state index in [2.05, 4.69) is 182 Å². The fourth-order valence-corrected chi connectivity index (χ4v) is 9.84. The fraction of sp³-hybridized carbons (Fsp3) is 0.0196. The molecule has 52 heavy (non-hydrogen) atoms. The molecule has 1 heterocycles. The Hall–Kier alpha value is -6.70. The van der Waals surface area contributed by atoms with E-state index in [-0.39, 0.29) is 0 Å². The minimum atomic E-state index is -0.422. The van der Waals surface area contributed by atoms with Crippen LogP contribution in [0.1, 0.15) is 22.3 Å². The van der Waals surface area contributed by atoms with Gasteiger partial charge >= 0.3 is 0 Å². The van der Waals surface area contributed by atoms with Crippen molar-refractivity contribution in [3.8, 4) is 44.5 Å². The van der Waals surface area contributed by atoms with Crippen LogP contribution in [0.25, 0.3) is 88.0 Å². The van der Waals surface area contributed by atoms with Crippen molar-refractivity contribution in [3.63, 3.8) is 0 Å². The second kappa shape index (κ2) is 10.2. The lowest BCUT2D eigenvalue weighted by Crippen LogP contribution is -2.25. The van der Waals surface area contributed by atoms with Crippen LogP contribution in [0.5, 0.6) is 0 Å². The average molecular weight is 659 g/mol. The molecule has 1 nitrogen and oxygen atoms in total. The van der Waals surface area contributed by atoms with E-state index >= 15 is 0 Å². The van der Waals surface area contributed by atoms with Crippen LogP contribution < -0.4 is 0 Å². The third-order valence-electron chi connectivity index (χ3n) is 11.9. The number of hydrogen-bond acceptors (Lipinski definition) is 1. The third-order valence-corrected chi connectivity index (χ3v) is 11.9. The van der Waals surface area contributed by atoms with Gasteiger partial charge < -0.3 is 4.42 Å². The molecule has 9 aromatic carbocycles. The first kappa shape index (κ1) is 28.0. The molecule has 2 aliphatic rings.